The first-order valence-electron chi connectivity index (χ1n) is 13.5. The van der Waals surface area contributed by atoms with Crippen molar-refractivity contribution in [1.82, 2.24) is 14.4 Å². The minimum Gasteiger partial charge on any atom is -0.343 e. The molecule has 4 aromatic rings. The molecule has 0 unspecified atom stereocenters. The molecule has 1 aliphatic heterocycles. The van der Waals surface area contributed by atoms with Crippen molar-refractivity contribution in [2.45, 2.75) is 38.9 Å². The Labute approximate surface area is 227 Å². The number of benzene rings is 3. The quantitative estimate of drug-likeness (QED) is 0.264. The molecule has 204 valence electrons. The Morgan fingerprint density at radius 1 is 0.923 bits per heavy atom. The van der Waals surface area contributed by atoms with Crippen LogP contribution in [-0.4, -0.2) is 53.0 Å². The summed E-state index contributed by atoms with van der Waals surface area (Å²) >= 11 is 0. The molecule has 0 radical (unpaired) electrons. The fraction of sp³-hybridized carbons (Fsp3) is 0.344. The number of nitrogens with zero attached hydrogens (tertiary/aromatic N) is 3. The molecule has 1 amide bonds. The average Bonchev–Trinajstić information content (AvgIpc) is 3.30. The number of para-hydroxylation sites is 1. The number of carbonyl (C=O) groups is 1. The Kier molecular flexibility index (Phi) is 7.80. The van der Waals surface area contributed by atoms with Crippen molar-refractivity contribution in [3.05, 3.63) is 107 Å². The first-order chi connectivity index (χ1) is 18.7. The second-order valence-electron chi connectivity index (χ2n) is 10.4. The van der Waals surface area contributed by atoms with Crippen LogP contribution in [0.15, 0.2) is 79.0 Å². The van der Waals surface area contributed by atoms with Gasteiger partial charge in [0.05, 0.1) is 5.56 Å². The summed E-state index contributed by atoms with van der Waals surface area (Å²) in [6, 6.07) is 21.7. The average molecular weight is 534 g/mol. The predicted molar refractivity (Wildman–Crippen MR) is 149 cm³/mol. The number of likely N-dealkylation sites (N-methyl/N-ethyl adjacent to an activating group) is 1. The summed E-state index contributed by atoms with van der Waals surface area (Å²) in [4.78, 5) is 17.7. The lowest BCUT2D eigenvalue weighted by Crippen LogP contribution is -2.48. The Bertz CT molecular complexity index is 1430. The number of aryl methyl sites for hydroxylation is 1. The van der Waals surface area contributed by atoms with Crippen LogP contribution in [0.2, 0.25) is 0 Å². The smallest absolute Gasteiger partial charge is 0.343 e. The predicted octanol–water partition coefficient (Wildman–Crippen LogP) is 6.70. The fourth-order valence-electron chi connectivity index (χ4n) is 5.53. The maximum Gasteiger partial charge on any atom is 0.416 e. The van der Waals surface area contributed by atoms with Gasteiger partial charge in [-0.1, -0.05) is 73.2 Å². The zero-order chi connectivity index (χ0) is 27.6. The molecular formula is C32H34F3N3O. The summed E-state index contributed by atoms with van der Waals surface area (Å²) in [7, 11) is 0. The van der Waals surface area contributed by atoms with Gasteiger partial charge in [-0.15, -0.1) is 0 Å². The molecule has 3 aromatic carbocycles. The number of fused-ring (bicyclic) bond motifs is 1. The topological polar surface area (TPSA) is 28.5 Å². The first-order valence-corrected chi connectivity index (χ1v) is 13.5. The number of hydrogen-bond acceptors (Lipinski definition) is 2. The fourth-order valence-corrected chi connectivity index (χ4v) is 5.53. The number of halogens is 3. The van der Waals surface area contributed by atoms with E-state index in [0.717, 1.165) is 47.7 Å². The first kappa shape index (κ1) is 27.0. The minimum atomic E-state index is -4.46. The molecule has 0 N–H and O–H groups in total. The monoisotopic (exact) mass is 533 g/mol. The second kappa shape index (κ2) is 11.3. The molecule has 1 fully saturated rings. The summed E-state index contributed by atoms with van der Waals surface area (Å²) in [6.45, 7) is 8.62. The van der Waals surface area contributed by atoms with E-state index in [-0.39, 0.29) is 12.3 Å². The van der Waals surface area contributed by atoms with Crippen molar-refractivity contribution in [2.75, 3.05) is 32.7 Å². The molecule has 1 aliphatic rings. The van der Waals surface area contributed by atoms with E-state index in [2.05, 4.69) is 40.7 Å². The molecule has 0 spiro atoms. The van der Waals surface area contributed by atoms with Crippen LogP contribution in [0.4, 0.5) is 13.2 Å². The normalized spacial score (nSPS) is 15.6. The van der Waals surface area contributed by atoms with E-state index in [0.29, 0.717) is 25.2 Å². The Hall–Kier alpha value is -3.58. The number of rotatable bonds is 7. The van der Waals surface area contributed by atoms with Crippen molar-refractivity contribution >= 4 is 16.8 Å². The number of amides is 1. The van der Waals surface area contributed by atoms with Gasteiger partial charge in [0, 0.05) is 62.2 Å². The lowest BCUT2D eigenvalue weighted by Gasteiger charge is -2.35. The van der Waals surface area contributed by atoms with Crippen LogP contribution in [0.5, 0.6) is 0 Å². The summed E-state index contributed by atoms with van der Waals surface area (Å²) in [5.41, 5.74) is 3.99. The van der Waals surface area contributed by atoms with Crippen molar-refractivity contribution in [3.8, 4) is 0 Å². The lowest BCUT2D eigenvalue weighted by atomic mass is 9.87. The molecule has 5 rings (SSSR count). The highest BCUT2D eigenvalue weighted by Gasteiger charge is 2.33. The lowest BCUT2D eigenvalue weighted by molar-refractivity contribution is -0.137. The van der Waals surface area contributed by atoms with Gasteiger partial charge in [-0.05, 0) is 42.3 Å². The number of aromatic nitrogens is 1. The highest BCUT2D eigenvalue weighted by atomic mass is 19.4. The summed E-state index contributed by atoms with van der Waals surface area (Å²) in [5, 5.41) is 0.954. The standard InChI is InChI=1S/C32H34F3N3O/c1-3-36-15-17-37(18-16-36)31(39)20-28(25-7-6-8-26(19-25)32(33,34)35)29-22-38(30-10-5-4-9-27(29)30)21-24-13-11-23(2)12-14-24/h4-14,19,22,28H,3,15-18,20-21H2,1-2H3/t28-/m1/s1. The number of alkyl halides is 3. The summed E-state index contributed by atoms with van der Waals surface area (Å²) in [6.07, 6.45) is -2.32. The Balaban J connectivity index is 1.55. The number of piperazine rings is 1. The molecule has 7 heteroatoms. The van der Waals surface area contributed by atoms with Crippen molar-refractivity contribution < 1.29 is 18.0 Å². The highest BCUT2D eigenvalue weighted by Crippen LogP contribution is 2.38. The van der Waals surface area contributed by atoms with Crippen LogP contribution >= 0.6 is 0 Å². The molecule has 0 aliphatic carbocycles. The van der Waals surface area contributed by atoms with E-state index in [9.17, 15) is 18.0 Å². The van der Waals surface area contributed by atoms with Gasteiger partial charge in [0.2, 0.25) is 5.91 Å². The van der Waals surface area contributed by atoms with Crippen LogP contribution < -0.4 is 0 Å². The van der Waals surface area contributed by atoms with Crippen LogP contribution in [-0.2, 0) is 17.5 Å². The van der Waals surface area contributed by atoms with E-state index < -0.39 is 17.7 Å². The maximum atomic E-state index is 13.7. The SMILES string of the molecule is CCN1CCN(C(=O)C[C@H](c2cccc(C(F)(F)F)c2)c2cn(Cc3ccc(C)cc3)c3ccccc23)CC1. The third-order valence-corrected chi connectivity index (χ3v) is 7.84. The molecule has 1 atom stereocenters. The molecule has 1 aromatic heterocycles. The van der Waals surface area contributed by atoms with E-state index in [4.69, 9.17) is 0 Å². The largest absolute Gasteiger partial charge is 0.416 e. The van der Waals surface area contributed by atoms with E-state index in [1.807, 2.05) is 42.3 Å². The van der Waals surface area contributed by atoms with Gasteiger partial charge in [0.25, 0.3) is 0 Å². The molecule has 4 nitrogen and oxygen atoms in total. The molecule has 0 bridgehead atoms. The van der Waals surface area contributed by atoms with Gasteiger partial charge in [-0.2, -0.15) is 13.2 Å². The van der Waals surface area contributed by atoms with Crippen LogP contribution in [0.1, 0.15) is 47.1 Å². The van der Waals surface area contributed by atoms with Crippen LogP contribution in [0.3, 0.4) is 0 Å². The third kappa shape index (κ3) is 6.04. The molecule has 1 saturated heterocycles. The van der Waals surface area contributed by atoms with Gasteiger partial charge >= 0.3 is 6.18 Å². The van der Waals surface area contributed by atoms with Crippen molar-refractivity contribution in [1.29, 1.82) is 0 Å². The van der Waals surface area contributed by atoms with Crippen molar-refractivity contribution in [3.63, 3.8) is 0 Å². The van der Waals surface area contributed by atoms with Gasteiger partial charge in [0.15, 0.2) is 0 Å². The van der Waals surface area contributed by atoms with Gasteiger partial charge in [0.1, 0.15) is 0 Å². The number of hydrogen-bond donors (Lipinski definition) is 0. The third-order valence-electron chi connectivity index (χ3n) is 7.84. The van der Waals surface area contributed by atoms with E-state index in [1.54, 1.807) is 6.07 Å². The van der Waals surface area contributed by atoms with Gasteiger partial charge < -0.3 is 14.4 Å². The maximum absolute atomic E-state index is 13.7. The Morgan fingerprint density at radius 2 is 1.64 bits per heavy atom. The van der Waals surface area contributed by atoms with Gasteiger partial charge in [-0.25, -0.2) is 0 Å². The Morgan fingerprint density at radius 3 is 2.33 bits per heavy atom. The number of carbonyl (C=O) groups excluding carboxylic acids is 1. The van der Waals surface area contributed by atoms with Gasteiger partial charge in [-0.3, -0.25) is 4.79 Å². The molecule has 2 heterocycles. The van der Waals surface area contributed by atoms with E-state index >= 15 is 0 Å². The molecular weight excluding hydrogens is 499 g/mol. The van der Waals surface area contributed by atoms with Crippen LogP contribution in [0, 0.1) is 6.92 Å². The summed E-state index contributed by atoms with van der Waals surface area (Å²) < 4.78 is 43.2. The van der Waals surface area contributed by atoms with Crippen LogP contribution in [0.25, 0.3) is 10.9 Å². The zero-order valence-electron chi connectivity index (χ0n) is 22.4. The summed E-state index contributed by atoms with van der Waals surface area (Å²) in [5.74, 6) is -0.531. The second-order valence-corrected chi connectivity index (χ2v) is 10.4. The van der Waals surface area contributed by atoms with E-state index in [1.165, 1.54) is 17.7 Å². The highest BCUT2D eigenvalue weighted by molar-refractivity contribution is 5.87. The molecule has 39 heavy (non-hydrogen) atoms. The molecule has 0 saturated carbocycles. The zero-order valence-corrected chi connectivity index (χ0v) is 22.4. The van der Waals surface area contributed by atoms with Crippen molar-refractivity contribution in [2.24, 2.45) is 0 Å². The minimum absolute atomic E-state index is 0.0245.